The maximum absolute atomic E-state index is 13.5. The van der Waals surface area contributed by atoms with Crippen molar-refractivity contribution in [3.63, 3.8) is 0 Å². The molecule has 2 N–H and O–H groups in total. The number of halogens is 1. The molecule has 0 aliphatic carbocycles. The lowest BCUT2D eigenvalue weighted by atomic mass is 9.99. The third-order valence-electron chi connectivity index (χ3n) is 5.49. The van der Waals surface area contributed by atoms with Crippen LogP contribution in [0.1, 0.15) is 24.9 Å². The Morgan fingerprint density at radius 1 is 1.22 bits per heavy atom. The Bertz CT molecular complexity index is 1110. The summed E-state index contributed by atoms with van der Waals surface area (Å²) in [5.41, 5.74) is 3.75. The number of H-pyrrole nitrogens is 1. The van der Waals surface area contributed by atoms with Crippen molar-refractivity contribution in [2.24, 2.45) is 0 Å². The number of carbonyl (C=O) groups excluding carboxylic acids is 1. The Morgan fingerprint density at radius 3 is 2.85 bits per heavy atom. The first-order chi connectivity index (χ1) is 13.0. The van der Waals surface area contributed by atoms with Crippen LogP contribution in [0, 0.1) is 5.82 Å². The van der Waals surface area contributed by atoms with E-state index in [0.29, 0.717) is 13.0 Å². The fourth-order valence-corrected chi connectivity index (χ4v) is 5.82. The molecule has 0 saturated carbocycles. The van der Waals surface area contributed by atoms with Crippen LogP contribution in [-0.2, 0) is 15.8 Å². The number of amides is 1. The van der Waals surface area contributed by atoms with E-state index >= 15 is 0 Å². The highest BCUT2D eigenvalue weighted by Crippen LogP contribution is 2.42. The number of rotatable bonds is 2. The van der Waals surface area contributed by atoms with Crippen LogP contribution >= 0.6 is 0 Å². The van der Waals surface area contributed by atoms with Crippen molar-refractivity contribution in [2.45, 2.75) is 30.3 Å². The molecule has 1 fully saturated rings. The molecule has 0 spiro atoms. The maximum atomic E-state index is 13.5. The summed E-state index contributed by atoms with van der Waals surface area (Å²) in [6.45, 7) is 2.56. The van der Waals surface area contributed by atoms with Crippen LogP contribution in [0.5, 0.6) is 0 Å². The zero-order valence-corrected chi connectivity index (χ0v) is 15.5. The quantitative estimate of drug-likeness (QED) is 0.713. The Kier molecular flexibility index (Phi) is 3.70. The van der Waals surface area contributed by atoms with Gasteiger partial charge in [0, 0.05) is 47.7 Å². The van der Waals surface area contributed by atoms with Crippen molar-refractivity contribution in [2.75, 3.05) is 6.54 Å². The van der Waals surface area contributed by atoms with E-state index < -0.39 is 11.0 Å². The number of hydrogen-bond acceptors (Lipinski definition) is 2. The second-order valence-electron chi connectivity index (χ2n) is 7.09. The third-order valence-corrected chi connectivity index (χ3v) is 7.24. The molecule has 5 rings (SSSR count). The Balaban J connectivity index is 1.55. The number of nitrogens with zero attached hydrogens (tertiary/aromatic N) is 1. The van der Waals surface area contributed by atoms with Crippen LogP contribution in [0.25, 0.3) is 22.0 Å². The second-order valence-corrected chi connectivity index (χ2v) is 8.45. The summed E-state index contributed by atoms with van der Waals surface area (Å²) < 4.78 is 28.4. The lowest BCUT2D eigenvalue weighted by Crippen LogP contribution is -2.36. The van der Waals surface area contributed by atoms with Crippen LogP contribution in [0.4, 0.5) is 4.39 Å². The zero-order valence-electron chi connectivity index (χ0n) is 14.7. The molecule has 1 amide bonds. The summed E-state index contributed by atoms with van der Waals surface area (Å²) in [4.78, 5) is 15.5. The molecule has 1 aromatic heterocycles. The fourth-order valence-electron chi connectivity index (χ4n) is 4.15. The van der Waals surface area contributed by atoms with Gasteiger partial charge in [-0.05, 0) is 48.4 Å². The molecule has 1 saturated heterocycles. The highest BCUT2D eigenvalue weighted by molar-refractivity contribution is 7.83. The standard InChI is InChI=1S/C20H18FN3O2S/c1-11-16-6-12(17-10-22-18-7-13(21)3-4-15(17)18)2-5-19(16)27(26)24(11)14-8-20(25)23-9-14/h2-7,10-11,14,22H,8-9H2,1H3,(H,23,25). The summed E-state index contributed by atoms with van der Waals surface area (Å²) in [5, 5.41) is 3.77. The fraction of sp³-hybridized carbons (Fsp3) is 0.250. The van der Waals surface area contributed by atoms with Gasteiger partial charge in [0.2, 0.25) is 5.91 Å². The van der Waals surface area contributed by atoms with Crippen molar-refractivity contribution in [3.8, 4) is 11.1 Å². The zero-order chi connectivity index (χ0) is 18.7. The van der Waals surface area contributed by atoms with Crippen LogP contribution in [0.2, 0.25) is 0 Å². The number of carbonyl (C=O) groups is 1. The predicted octanol–water partition coefficient (Wildman–Crippen LogP) is 3.26. The predicted molar refractivity (Wildman–Crippen MR) is 102 cm³/mol. The molecular formula is C20H18FN3O2S. The van der Waals surface area contributed by atoms with Crippen molar-refractivity contribution in [1.29, 1.82) is 0 Å². The molecule has 3 aromatic rings. The first kappa shape index (κ1) is 16.6. The van der Waals surface area contributed by atoms with Crippen LogP contribution in [0.15, 0.2) is 47.5 Å². The minimum atomic E-state index is -1.27. The van der Waals surface area contributed by atoms with Crippen molar-refractivity contribution < 1.29 is 13.4 Å². The van der Waals surface area contributed by atoms with E-state index in [1.165, 1.54) is 12.1 Å². The largest absolute Gasteiger partial charge is 0.360 e. The van der Waals surface area contributed by atoms with E-state index in [1.54, 1.807) is 6.07 Å². The van der Waals surface area contributed by atoms with E-state index in [-0.39, 0.29) is 23.8 Å². The minimum Gasteiger partial charge on any atom is -0.360 e. The molecule has 2 aliphatic heterocycles. The molecule has 27 heavy (non-hydrogen) atoms. The molecule has 3 unspecified atom stereocenters. The van der Waals surface area contributed by atoms with Crippen molar-refractivity contribution >= 4 is 27.8 Å². The third kappa shape index (κ3) is 2.53. The summed E-state index contributed by atoms with van der Waals surface area (Å²) >= 11 is 0. The minimum absolute atomic E-state index is 0.00636. The monoisotopic (exact) mass is 383 g/mol. The number of aromatic nitrogens is 1. The lowest BCUT2D eigenvalue weighted by Gasteiger charge is -2.25. The Labute approximate surface area is 158 Å². The summed E-state index contributed by atoms with van der Waals surface area (Å²) in [7, 11) is -1.27. The molecule has 3 heterocycles. The first-order valence-electron chi connectivity index (χ1n) is 8.91. The van der Waals surface area contributed by atoms with Gasteiger partial charge in [0.1, 0.15) is 16.8 Å². The van der Waals surface area contributed by atoms with E-state index in [0.717, 1.165) is 32.5 Å². The van der Waals surface area contributed by atoms with Crippen molar-refractivity contribution in [1.82, 2.24) is 14.6 Å². The SMILES string of the molecule is CC1c2cc(-c3c[nH]c4cc(F)ccc34)ccc2S(=O)N1C1CNC(=O)C1. The molecule has 2 aliphatic rings. The van der Waals surface area contributed by atoms with Crippen LogP contribution in [-0.4, -0.2) is 32.0 Å². The smallest absolute Gasteiger partial charge is 0.221 e. The van der Waals surface area contributed by atoms with Crippen molar-refractivity contribution in [3.05, 3.63) is 54.0 Å². The van der Waals surface area contributed by atoms with E-state index in [2.05, 4.69) is 16.4 Å². The van der Waals surface area contributed by atoms with Gasteiger partial charge < -0.3 is 10.3 Å². The van der Waals surface area contributed by atoms with Gasteiger partial charge in [-0.15, -0.1) is 0 Å². The molecule has 138 valence electrons. The number of hydrogen-bond donors (Lipinski definition) is 2. The second kappa shape index (κ2) is 6.00. The maximum Gasteiger partial charge on any atom is 0.221 e. The molecule has 0 radical (unpaired) electrons. The molecule has 0 bridgehead atoms. The Morgan fingerprint density at radius 2 is 2.07 bits per heavy atom. The van der Waals surface area contributed by atoms with Gasteiger partial charge in [0.15, 0.2) is 0 Å². The number of fused-ring (bicyclic) bond motifs is 2. The average Bonchev–Trinajstić information content (AvgIpc) is 3.32. The first-order valence-corrected chi connectivity index (χ1v) is 10.0. The van der Waals surface area contributed by atoms with Gasteiger partial charge >= 0.3 is 0 Å². The molecular weight excluding hydrogens is 365 g/mol. The molecule has 7 heteroatoms. The highest BCUT2D eigenvalue weighted by atomic mass is 32.2. The molecule has 5 nitrogen and oxygen atoms in total. The average molecular weight is 383 g/mol. The summed E-state index contributed by atoms with van der Waals surface area (Å²) in [5.74, 6) is -0.267. The topological polar surface area (TPSA) is 65.2 Å². The van der Waals surface area contributed by atoms with Gasteiger partial charge in [-0.3, -0.25) is 4.79 Å². The van der Waals surface area contributed by atoms with E-state index in [9.17, 15) is 13.4 Å². The van der Waals surface area contributed by atoms with Crippen LogP contribution in [0.3, 0.4) is 0 Å². The lowest BCUT2D eigenvalue weighted by molar-refractivity contribution is -0.119. The van der Waals surface area contributed by atoms with E-state index in [4.69, 9.17) is 0 Å². The van der Waals surface area contributed by atoms with Gasteiger partial charge in [-0.1, -0.05) is 6.07 Å². The van der Waals surface area contributed by atoms with Gasteiger partial charge in [-0.2, -0.15) is 0 Å². The van der Waals surface area contributed by atoms with Gasteiger partial charge in [0.25, 0.3) is 0 Å². The number of nitrogens with one attached hydrogen (secondary N) is 2. The normalized spacial score (nSPS) is 25.1. The van der Waals surface area contributed by atoms with Gasteiger partial charge in [-0.25, -0.2) is 12.9 Å². The number of benzene rings is 2. The molecule has 2 aromatic carbocycles. The van der Waals surface area contributed by atoms with Crippen LogP contribution < -0.4 is 5.32 Å². The number of aromatic amines is 1. The van der Waals surface area contributed by atoms with E-state index in [1.807, 2.05) is 29.6 Å². The highest BCUT2D eigenvalue weighted by Gasteiger charge is 2.41. The Hall–Kier alpha value is -2.51. The summed E-state index contributed by atoms with van der Waals surface area (Å²) in [6, 6.07) is 10.5. The molecule has 3 atom stereocenters. The summed E-state index contributed by atoms with van der Waals surface area (Å²) in [6.07, 6.45) is 2.25. The van der Waals surface area contributed by atoms with Gasteiger partial charge in [0.05, 0.1) is 4.90 Å².